The van der Waals surface area contributed by atoms with Gasteiger partial charge in [-0.05, 0) is 47.1 Å². The van der Waals surface area contributed by atoms with Gasteiger partial charge in [0.1, 0.15) is 0 Å². The van der Waals surface area contributed by atoms with Crippen LogP contribution in [-0.2, 0) is 0 Å². The second-order valence-corrected chi connectivity index (χ2v) is 5.58. The molecule has 5 heteroatoms. The summed E-state index contributed by atoms with van der Waals surface area (Å²) in [6.45, 7) is 1.87. The van der Waals surface area contributed by atoms with Gasteiger partial charge < -0.3 is 0 Å². The van der Waals surface area contributed by atoms with E-state index in [2.05, 4.69) is 15.9 Å². The van der Waals surface area contributed by atoms with Crippen molar-refractivity contribution >= 4 is 33.0 Å². The van der Waals surface area contributed by atoms with Crippen molar-refractivity contribution in [2.45, 2.75) is 6.92 Å². The molecule has 0 bridgehead atoms. The van der Waals surface area contributed by atoms with Crippen LogP contribution in [-0.4, -0.2) is 5.78 Å². The maximum Gasteiger partial charge on any atom is 0.203 e. The van der Waals surface area contributed by atoms with Crippen LogP contribution in [0.15, 0.2) is 28.7 Å². The van der Waals surface area contributed by atoms with Crippen molar-refractivity contribution in [3.8, 4) is 0 Å². The summed E-state index contributed by atoms with van der Waals surface area (Å²) in [6.07, 6.45) is 0. The van der Waals surface area contributed by atoms with Crippen LogP contribution in [0.1, 0.15) is 20.1 Å². The molecule has 0 aliphatic rings. The van der Waals surface area contributed by atoms with Gasteiger partial charge in [0.25, 0.3) is 0 Å². The number of halogens is 3. The maximum atomic E-state index is 13.0. The van der Waals surface area contributed by atoms with Crippen LogP contribution in [0.3, 0.4) is 0 Å². The predicted octanol–water partition coefficient (Wildman–Crippen LogP) is 4.33. The summed E-state index contributed by atoms with van der Waals surface area (Å²) in [4.78, 5) is 13.4. The fourth-order valence-electron chi connectivity index (χ4n) is 1.35. The first-order chi connectivity index (χ1) is 7.99. The lowest BCUT2D eigenvalue weighted by atomic mass is 10.1. The minimum absolute atomic E-state index is 0.151. The zero-order valence-electron chi connectivity index (χ0n) is 8.76. The number of carbonyl (C=O) groups excluding carboxylic acids is 1. The molecule has 0 radical (unpaired) electrons. The van der Waals surface area contributed by atoms with Crippen molar-refractivity contribution < 1.29 is 13.6 Å². The molecule has 0 atom stereocenters. The van der Waals surface area contributed by atoms with Crippen molar-refractivity contribution in [2.24, 2.45) is 0 Å². The highest BCUT2D eigenvalue weighted by Crippen LogP contribution is 2.28. The molecule has 1 heterocycles. The third kappa shape index (κ3) is 2.45. The summed E-state index contributed by atoms with van der Waals surface area (Å²) in [5, 5.41) is 0. The molecule has 0 aliphatic carbocycles. The lowest BCUT2D eigenvalue weighted by molar-refractivity contribution is 0.104. The van der Waals surface area contributed by atoms with Gasteiger partial charge in [0.15, 0.2) is 11.6 Å². The number of carbonyl (C=O) groups is 1. The van der Waals surface area contributed by atoms with Crippen molar-refractivity contribution in [3.63, 3.8) is 0 Å². The zero-order chi connectivity index (χ0) is 12.6. The van der Waals surface area contributed by atoms with E-state index in [0.717, 1.165) is 21.5 Å². The second kappa shape index (κ2) is 4.66. The second-order valence-electron chi connectivity index (χ2n) is 3.47. The highest BCUT2D eigenvalue weighted by molar-refractivity contribution is 9.10. The van der Waals surface area contributed by atoms with Crippen LogP contribution in [0.5, 0.6) is 0 Å². The fourth-order valence-corrected chi connectivity index (χ4v) is 2.85. The Morgan fingerprint density at radius 1 is 1.24 bits per heavy atom. The normalized spacial score (nSPS) is 10.6. The molecule has 88 valence electrons. The Hall–Kier alpha value is -1.07. The van der Waals surface area contributed by atoms with E-state index in [9.17, 15) is 13.6 Å². The van der Waals surface area contributed by atoms with Gasteiger partial charge in [-0.25, -0.2) is 8.78 Å². The number of aryl methyl sites for hydroxylation is 1. The number of thiophene rings is 1. The Morgan fingerprint density at radius 2 is 1.94 bits per heavy atom. The van der Waals surface area contributed by atoms with Gasteiger partial charge in [-0.2, -0.15) is 0 Å². The molecule has 1 aromatic heterocycles. The molecule has 0 unspecified atom stereocenters. The summed E-state index contributed by atoms with van der Waals surface area (Å²) in [7, 11) is 0. The van der Waals surface area contributed by atoms with Gasteiger partial charge in [-0.15, -0.1) is 11.3 Å². The third-order valence-corrected chi connectivity index (χ3v) is 4.40. The number of hydrogen-bond donors (Lipinski definition) is 0. The van der Waals surface area contributed by atoms with Crippen LogP contribution in [0.25, 0.3) is 0 Å². The molecule has 0 fully saturated rings. The van der Waals surface area contributed by atoms with E-state index in [-0.39, 0.29) is 11.3 Å². The Morgan fingerprint density at radius 3 is 2.47 bits per heavy atom. The predicted molar refractivity (Wildman–Crippen MR) is 66.5 cm³/mol. The molecule has 2 rings (SSSR count). The van der Waals surface area contributed by atoms with Gasteiger partial charge in [0, 0.05) is 14.9 Å². The summed E-state index contributed by atoms with van der Waals surface area (Å²) >= 11 is 4.62. The first kappa shape index (κ1) is 12.4. The fraction of sp³-hybridized carbons (Fsp3) is 0.0833. The van der Waals surface area contributed by atoms with Crippen molar-refractivity contribution in [3.05, 3.63) is 55.7 Å². The van der Waals surface area contributed by atoms with Crippen molar-refractivity contribution in [1.29, 1.82) is 0 Å². The number of benzene rings is 1. The van der Waals surface area contributed by atoms with Crippen LogP contribution in [0.2, 0.25) is 0 Å². The van der Waals surface area contributed by atoms with E-state index >= 15 is 0 Å². The summed E-state index contributed by atoms with van der Waals surface area (Å²) in [5.74, 6) is -2.27. The monoisotopic (exact) mass is 316 g/mol. The van der Waals surface area contributed by atoms with Crippen LogP contribution >= 0.6 is 27.3 Å². The lowest BCUT2D eigenvalue weighted by Gasteiger charge is -1.98. The molecule has 0 spiro atoms. The van der Waals surface area contributed by atoms with Gasteiger partial charge in [0.05, 0.1) is 4.88 Å². The van der Waals surface area contributed by atoms with Crippen LogP contribution < -0.4 is 0 Å². The quantitative estimate of drug-likeness (QED) is 0.754. The van der Waals surface area contributed by atoms with Gasteiger partial charge in [-0.3, -0.25) is 4.79 Å². The lowest BCUT2D eigenvalue weighted by Crippen LogP contribution is -2.00. The van der Waals surface area contributed by atoms with Gasteiger partial charge >= 0.3 is 0 Å². The van der Waals surface area contributed by atoms with Gasteiger partial charge in [-0.1, -0.05) is 0 Å². The molecule has 1 aromatic carbocycles. The van der Waals surface area contributed by atoms with Crippen molar-refractivity contribution in [2.75, 3.05) is 0 Å². The van der Waals surface area contributed by atoms with E-state index in [1.807, 2.05) is 6.92 Å². The molecule has 1 nitrogen and oxygen atoms in total. The molecule has 17 heavy (non-hydrogen) atoms. The van der Waals surface area contributed by atoms with Crippen LogP contribution in [0, 0.1) is 18.6 Å². The average Bonchev–Trinajstić information content (AvgIpc) is 2.62. The number of ketones is 1. The highest BCUT2D eigenvalue weighted by atomic mass is 79.9. The molecule has 0 saturated carbocycles. The SMILES string of the molecule is Cc1sc(C(=O)c2ccc(F)c(F)c2)cc1Br. The minimum atomic E-state index is -1.01. The Balaban J connectivity index is 2.40. The molecule has 0 amide bonds. The standard InChI is InChI=1S/C12H7BrF2OS/c1-6-8(13)5-11(17-6)12(16)7-2-3-9(14)10(15)4-7/h2-5H,1H3. The minimum Gasteiger partial charge on any atom is -0.288 e. The Kier molecular flexibility index (Phi) is 3.40. The summed E-state index contributed by atoms with van der Waals surface area (Å²) < 4.78 is 26.6. The molecule has 2 aromatic rings. The molecule has 0 aliphatic heterocycles. The van der Waals surface area contributed by atoms with E-state index in [0.29, 0.717) is 4.88 Å². The third-order valence-electron chi connectivity index (χ3n) is 2.26. The Bertz CT molecular complexity index is 573. The first-order valence-electron chi connectivity index (χ1n) is 4.74. The summed E-state index contributed by atoms with van der Waals surface area (Å²) in [5.41, 5.74) is 0.151. The zero-order valence-corrected chi connectivity index (χ0v) is 11.2. The largest absolute Gasteiger partial charge is 0.288 e. The van der Waals surface area contributed by atoms with E-state index in [1.54, 1.807) is 6.07 Å². The number of hydrogen-bond acceptors (Lipinski definition) is 2. The van der Waals surface area contributed by atoms with Gasteiger partial charge in [0.2, 0.25) is 5.78 Å². The first-order valence-corrected chi connectivity index (χ1v) is 6.35. The topological polar surface area (TPSA) is 17.1 Å². The maximum absolute atomic E-state index is 13.0. The highest BCUT2D eigenvalue weighted by Gasteiger charge is 2.15. The van der Waals surface area contributed by atoms with Crippen molar-refractivity contribution in [1.82, 2.24) is 0 Å². The van der Waals surface area contributed by atoms with E-state index < -0.39 is 11.6 Å². The average molecular weight is 317 g/mol. The molecule has 0 saturated heterocycles. The Labute approximate surface area is 109 Å². The van der Waals surface area contributed by atoms with Crippen LogP contribution in [0.4, 0.5) is 8.78 Å². The smallest absolute Gasteiger partial charge is 0.203 e. The summed E-state index contributed by atoms with van der Waals surface area (Å²) in [6, 6.07) is 4.84. The molecule has 0 N–H and O–H groups in total. The van der Waals surface area contributed by atoms with E-state index in [4.69, 9.17) is 0 Å². The van der Waals surface area contributed by atoms with E-state index in [1.165, 1.54) is 17.4 Å². The molecular formula is C12H7BrF2OS. The molecular weight excluding hydrogens is 310 g/mol. The number of rotatable bonds is 2.